The van der Waals surface area contributed by atoms with E-state index in [1.54, 1.807) is 0 Å². The van der Waals surface area contributed by atoms with Crippen LogP contribution in [0.3, 0.4) is 0 Å². The van der Waals surface area contributed by atoms with Gasteiger partial charge in [-0.1, -0.05) is 24.3 Å². The van der Waals surface area contributed by atoms with Gasteiger partial charge in [-0.15, -0.1) is 0 Å². The number of hydrogen-bond donors (Lipinski definition) is 5. The number of benzene rings is 3. The molecule has 1 aliphatic carbocycles. The summed E-state index contributed by atoms with van der Waals surface area (Å²) in [5, 5.41) is 12.6. The van der Waals surface area contributed by atoms with Gasteiger partial charge in [0.1, 0.15) is 20.4 Å². The number of carbonyl (C=O) groups is 2. The average molecular weight is 570 g/mol. The fraction of sp³-hybridized carbons (Fsp3) is 0.0476. The predicted octanol–water partition coefficient (Wildman–Crippen LogP) is 1.96. The number of carbonyl (C=O) groups excluding carboxylic acids is 2. The van der Waals surface area contributed by atoms with Crippen LogP contribution in [0, 0.1) is 6.92 Å². The average Bonchev–Trinajstić information content (AvgIpc) is 2.76. The number of rotatable bonds is 5. The lowest BCUT2D eigenvalue weighted by Gasteiger charge is -2.23. The Morgan fingerprint density at radius 2 is 1.19 bits per heavy atom. The highest BCUT2D eigenvalue weighted by Crippen LogP contribution is 2.41. The van der Waals surface area contributed by atoms with Crippen LogP contribution in [0.15, 0.2) is 57.2 Å². The molecule has 3 aromatic carbocycles. The summed E-state index contributed by atoms with van der Waals surface area (Å²) in [6, 6.07) is 7.99. The van der Waals surface area contributed by atoms with Crippen molar-refractivity contribution >= 4 is 53.3 Å². The highest BCUT2D eigenvalue weighted by Gasteiger charge is 2.37. The number of fused-ring (bicyclic) bond motifs is 2. The number of ketones is 2. The van der Waals surface area contributed by atoms with Gasteiger partial charge < -0.3 is 10.4 Å². The van der Waals surface area contributed by atoms with Gasteiger partial charge in [0.05, 0.1) is 22.5 Å². The zero-order chi connectivity index (χ0) is 27.7. The first kappa shape index (κ1) is 26.4. The van der Waals surface area contributed by atoms with Crippen LogP contribution < -0.4 is 5.32 Å². The summed E-state index contributed by atoms with van der Waals surface area (Å²) in [6.45, 7) is 0.756. The molecule has 0 saturated heterocycles. The fourth-order valence-electron chi connectivity index (χ4n) is 4.09. The Labute approximate surface area is 209 Å². The van der Waals surface area contributed by atoms with Gasteiger partial charge in [-0.2, -0.15) is 25.3 Å². The maximum atomic E-state index is 13.3. The maximum Gasteiger partial charge on any atom is 0.298 e. The number of phenolic OH excluding ortho intramolecular Hbond substituents is 1. The van der Waals surface area contributed by atoms with E-state index >= 15 is 0 Å². The molecule has 194 valence electrons. The van der Waals surface area contributed by atoms with E-state index in [4.69, 9.17) is 0 Å². The van der Waals surface area contributed by atoms with E-state index in [-0.39, 0.29) is 11.1 Å². The molecule has 0 bridgehead atoms. The fourth-order valence-corrected chi connectivity index (χ4v) is 7.16. The van der Waals surface area contributed by atoms with Gasteiger partial charge >= 0.3 is 0 Å². The van der Waals surface area contributed by atoms with Crippen molar-refractivity contribution in [3.05, 3.63) is 70.3 Å². The molecule has 5 N–H and O–H groups in total. The van der Waals surface area contributed by atoms with Crippen LogP contribution in [0.1, 0.15) is 37.4 Å². The van der Waals surface area contributed by atoms with Crippen LogP contribution in [0.25, 0.3) is 0 Å². The summed E-state index contributed by atoms with van der Waals surface area (Å²) < 4.78 is 101. The Morgan fingerprint density at radius 1 is 0.676 bits per heavy atom. The molecule has 0 aromatic heterocycles. The molecular weight excluding hydrogens is 554 g/mol. The van der Waals surface area contributed by atoms with Gasteiger partial charge in [0.2, 0.25) is 0 Å². The van der Waals surface area contributed by atoms with Gasteiger partial charge in [-0.3, -0.25) is 23.2 Å². The first-order valence-electron chi connectivity index (χ1n) is 9.86. The molecule has 16 heteroatoms. The summed E-state index contributed by atoms with van der Waals surface area (Å²) in [5.41, 5.74) is -3.42. The Hall–Kier alpha value is -3.67. The molecule has 13 nitrogen and oxygen atoms in total. The van der Waals surface area contributed by atoms with Crippen LogP contribution in [-0.2, 0) is 30.4 Å². The topological polar surface area (TPSA) is 230 Å². The van der Waals surface area contributed by atoms with Gasteiger partial charge in [-0.05, 0) is 30.7 Å². The smallest absolute Gasteiger partial charge is 0.298 e. The summed E-state index contributed by atoms with van der Waals surface area (Å²) in [5.74, 6) is -2.21. The largest absolute Gasteiger partial charge is 0.507 e. The Morgan fingerprint density at radius 3 is 1.68 bits per heavy atom. The molecule has 0 saturated carbocycles. The molecule has 37 heavy (non-hydrogen) atoms. The Balaban J connectivity index is 2.10. The normalized spacial score (nSPS) is 13.7. The van der Waals surface area contributed by atoms with Crippen LogP contribution >= 0.6 is 0 Å². The lowest BCUT2D eigenvalue weighted by molar-refractivity contribution is 0.0977. The molecule has 0 aliphatic heterocycles. The number of aromatic hydroxyl groups is 1. The van der Waals surface area contributed by atoms with E-state index in [0.29, 0.717) is 6.07 Å². The number of anilines is 2. The van der Waals surface area contributed by atoms with E-state index in [1.165, 1.54) is 24.3 Å². The molecule has 4 rings (SSSR count). The van der Waals surface area contributed by atoms with Crippen LogP contribution in [0.5, 0.6) is 5.75 Å². The molecule has 0 radical (unpaired) electrons. The standard InChI is InChI=1S/C21H15NO12S3/c1-9-15(35(26,27)28)8-13(21(37(32,33)34)20(9)36(29,30)31)22-12-6-7-14(23)17-16(12)18(24)10-4-2-3-5-11(10)19(17)25/h2-8,22-23H,1H3,(H,26,27,28)(H,29,30,31)(H,32,33,34). The molecule has 1 aliphatic rings. The van der Waals surface area contributed by atoms with E-state index < -0.39 is 90.4 Å². The van der Waals surface area contributed by atoms with Crippen molar-refractivity contribution in [2.45, 2.75) is 21.6 Å². The minimum Gasteiger partial charge on any atom is -0.507 e. The Kier molecular flexibility index (Phi) is 6.02. The quantitative estimate of drug-likeness (QED) is 0.171. The van der Waals surface area contributed by atoms with Crippen molar-refractivity contribution in [2.75, 3.05) is 5.32 Å². The van der Waals surface area contributed by atoms with E-state index in [1.807, 2.05) is 0 Å². The lowest BCUT2D eigenvalue weighted by atomic mass is 9.82. The van der Waals surface area contributed by atoms with Crippen LogP contribution in [0.2, 0.25) is 0 Å². The predicted molar refractivity (Wildman–Crippen MR) is 125 cm³/mol. The minimum atomic E-state index is -5.54. The molecule has 0 heterocycles. The van der Waals surface area contributed by atoms with Crippen molar-refractivity contribution < 1.29 is 53.6 Å². The van der Waals surface area contributed by atoms with Gasteiger partial charge in [-0.25, -0.2) is 0 Å². The first-order valence-corrected chi connectivity index (χ1v) is 14.2. The second kappa shape index (κ2) is 8.44. The van der Waals surface area contributed by atoms with Gasteiger partial charge in [0.25, 0.3) is 30.4 Å². The number of hydrogen-bond acceptors (Lipinski definition) is 10. The first-order chi connectivity index (χ1) is 16.9. The minimum absolute atomic E-state index is 0.0382. The second-order valence-electron chi connectivity index (χ2n) is 7.84. The molecule has 0 amide bonds. The maximum absolute atomic E-state index is 13.3. The van der Waals surface area contributed by atoms with Crippen molar-refractivity contribution in [2.24, 2.45) is 0 Å². The van der Waals surface area contributed by atoms with E-state index in [0.717, 1.165) is 19.1 Å². The Bertz CT molecular complexity index is 1880. The van der Waals surface area contributed by atoms with Crippen LogP contribution in [-0.4, -0.2) is 55.6 Å². The summed E-state index contributed by atoms with van der Waals surface area (Å²) in [4.78, 5) is 22.1. The summed E-state index contributed by atoms with van der Waals surface area (Å²) in [6.07, 6.45) is 0. The third kappa shape index (κ3) is 4.39. The highest BCUT2D eigenvalue weighted by atomic mass is 32.2. The van der Waals surface area contributed by atoms with Crippen LogP contribution in [0.4, 0.5) is 11.4 Å². The molecule has 0 atom stereocenters. The number of phenols is 1. The summed E-state index contributed by atoms with van der Waals surface area (Å²) in [7, 11) is -16.3. The van der Waals surface area contributed by atoms with Crippen molar-refractivity contribution in [3.8, 4) is 5.75 Å². The summed E-state index contributed by atoms with van der Waals surface area (Å²) >= 11 is 0. The van der Waals surface area contributed by atoms with E-state index in [9.17, 15) is 53.6 Å². The monoisotopic (exact) mass is 569 g/mol. The van der Waals surface area contributed by atoms with Crippen molar-refractivity contribution in [1.29, 1.82) is 0 Å². The third-order valence-corrected chi connectivity index (χ3v) is 8.63. The molecule has 0 unspecified atom stereocenters. The molecule has 3 aromatic rings. The SMILES string of the molecule is Cc1c(S(=O)(=O)O)cc(Nc2ccc(O)c3c2C(=O)c2ccccc2C3=O)c(S(=O)(=O)O)c1S(=O)(=O)O. The van der Waals surface area contributed by atoms with Gasteiger partial charge in [0, 0.05) is 11.1 Å². The zero-order valence-electron chi connectivity index (χ0n) is 18.3. The molecule has 0 spiro atoms. The van der Waals surface area contributed by atoms with Gasteiger partial charge in [0.15, 0.2) is 11.6 Å². The van der Waals surface area contributed by atoms with E-state index in [2.05, 4.69) is 5.32 Å². The van der Waals surface area contributed by atoms with Crippen molar-refractivity contribution in [1.82, 2.24) is 0 Å². The lowest BCUT2D eigenvalue weighted by Crippen LogP contribution is -2.22. The second-order valence-corrected chi connectivity index (χ2v) is 11.9. The molecular formula is C21H15NO12S3. The highest BCUT2D eigenvalue weighted by molar-refractivity contribution is 7.89. The zero-order valence-corrected chi connectivity index (χ0v) is 20.8. The molecule has 0 fully saturated rings. The van der Waals surface area contributed by atoms with Crippen molar-refractivity contribution in [3.63, 3.8) is 0 Å². The third-order valence-electron chi connectivity index (χ3n) is 5.55. The number of nitrogens with one attached hydrogen (secondary N) is 1.